The molecule has 0 spiro atoms. The number of halogens is 1. The zero-order chi connectivity index (χ0) is 23.3. The molecule has 3 aliphatic rings. The first-order valence-electron chi connectivity index (χ1n) is 11.0. The second-order valence-electron chi connectivity index (χ2n) is 9.03. The van der Waals surface area contributed by atoms with Crippen LogP contribution in [0, 0.1) is 30.6 Å². The molecule has 3 fully saturated rings. The van der Waals surface area contributed by atoms with Crippen molar-refractivity contribution < 1.29 is 23.9 Å². The van der Waals surface area contributed by atoms with E-state index in [0.29, 0.717) is 16.4 Å². The van der Waals surface area contributed by atoms with Crippen LogP contribution in [0.3, 0.4) is 0 Å². The van der Waals surface area contributed by atoms with E-state index in [2.05, 4.69) is 5.32 Å². The molecular weight excluding hydrogens is 444 g/mol. The van der Waals surface area contributed by atoms with E-state index in [0.717, 1.165) is 24.8 Å². The third kappa shape index (κ3) is 3.80. The standard InChI is InChI=1S/C25H23ClN2O5/c1-13-5-8-17(26)11-19(13)27-20(29)12-33-25(32)16-3-2-4-18(10-16)28-23(30)21-14-6-7-15(9-14)22(21)24(28)31/h2-5,8,10-11,14-15,21-22H,6-7,9,12H2,1H3,(H,27,29)/t14-,15-,21+,22+/m0/s1. The van der Waals surface area contributed by atoms with Gasteiger partial charge in [-0.15, -0.1) is 0 Å². The van der Waals surface area contributed by atoms with E-state index >= 15 is 0 Å². The number of nitrogens with one attached hydrogen (secondary N) is 1. The molecule has 0 unspecified atom stereocenters. The van der Waals surface area contributed by atoms with Crippen molar-refractivity contribution in [2.24, 2.45) is 23.7 Å². The number of carbonyl (C=O) groups is 4. The van der Waals surface area contributed by atoms with Gasteiger partial charge in [-0.1, -0.05) is 23.7 Å². The molecule has 170 valence electrons. The molecule has 2 aliphatic carbocycles. The van der Waals surface area contributed by atoms with E-state index in [9.17, 15) is 19.2 Å². The highest BCUT2D eigenvalue weighted by Crippen LogP contribution is 2.56. The van der Waals surface area contributed by atoms with Crippen molar-refractivity contribution in [3.05, 3.63) is 58.6 Å². The lowest BCUT2D eigenvalue weighted by Crippen LogP contribution is -2.32. The summed E-state index contributed by atoms with van der Waals surface area (Å²) in [6.45, 7) is 1.34. The molecule has 1 saturated heterocycles. The average Bonchev–Trinajstić information content (AvgIpc) is 3.48. The van der Waals surface area contributed by atoms with E-state index in [4.69, 9.17) is 16.3 Å². The maximum atomic E-state index is 13.0. The summed E-state index contributed by atoms with van der Waals surface area (Å²) >= 11 is 5.96. The lowest BCUT2D eigenvalue weighted by atomic mass is 9.81. The van der Waals surface area contributed by atoms with Crippen molar-refractivity contribution in [3.63, 3.8) is 0 Å². The summed E-state index contributed by atoms with van der Waals surface area (Å²) in [5.74, 6) is -1.44. The van der Waals surface area contributed by atoms with Crippen LogP contribution < -0.4 is 10.2 Å². The molecule has 2 saturated carbocycles. The number of hydrogen-bond donors (Lipinski definition) is 1. The van der Waals surface area contributed by atoms with Crippen LogP contribution in [0.5, 0.6) is 0 Å². The van der Waals surface area contributed by atoms with Gasteiger partial charge < -0.3 is 10.1 Å². The number of fused-ring (bicyclic) bond motifs is 5. The first kappa shape index (κ1) is 21.6. The Bertz CT molecular complexity index is 1150. The Hall–Kier alpha value is -3.19. The number of aryl methyl sites for hydroxylation is 1. The van der Waals surface area contributed by atoms with Gasteiger partial charge in [-0.2, -0.15) is 0 Å². The van der Waals surface area contributed by atoms with E-state index in [-0.39, 0.29) is 41.0 Å². The summed E-state index contributed by atoms with van der Waals surface area (Å²) in [7, 11) is 0. The first-order valence-corrected chi connectivity index (χ1v) is 11.4. The van der Waals surface area contributed by atoms with Crippen LogP contribution in [-0.4, -0.2) is 30.3 Å². The lowest BCUT2D eigenvalue weighted by molar-refractivity contribution is -0.123. The Morgan fingerprint density at radius 1 is 1.06 bits per heavy atom. The number of benzene rings is 2. The molecule has 2 aromatic rings. The zero-order valence-electron chi connectivity index (χ0n) is 18.0. The molecule has 4 atom stereocenters. The van der Waals surface area contributed by atoms with E-state index in [1.54, 1.807) is 30.3 Å². The van der Waals surface area contributed by atoms with E-state index < -0.39 is 18.5 Å². The summed E-state index contributed by atoms with van der Waals surface area (Å²) in [6, 6.07) is 11.4. The number of amides is 3. The minimum absolute atomic E-state index is 0.167. The molecule has 0 radical (unpaired) electrons. The molecule has 7 nitrogen and oxygen atoms in total. The highest BCUT2D eigenvalue weighted by atomic mass is 35.5. The molecule has 2 aromatic carbocycles. The quantitative estimate of drug-likeness (QED) is 0.531. The molecule has 3 amide bonds. The summed E-state index contributed by atoms with van der Waals surface area (Å²) in [5, 5.41) is 3.14. The number of anilines is 2. The van der Waals surface area contributed by atoms with Gasteiger partial charge in [-0.25, -0.2) is 4.79 Å². The van der Waals surface area contributed by atoms with Crippen LogP contribution in [0.4, 0.5) is 11.4 Å². The van der Waals surface area contributed by atoms with Crippen LogP contribution in [0.1, 0.15) is 35.2 Å². The SMILES string of the molecule is Cc1ccc(Cl)cc1NC(=O)COC(=O)c1cccc(N2C(=O)[C@@H]3[C@H]4CC[C@@H](C4)[C@H]3C2=O)c1. The van der Waals surface area contributed by atoms with Gasteiger partial charge in [0, 0.05) is 10.7 Å². The van der Waals surface area contributed by atoms with Gasteiger partial charge in [0.2, 0.25) is 11.8 Å². The van der Waals surface area contributed by atoms with Gasteiger partial charge in [0.1, 0.15) is 0 Å². The van der Waals surface area contributed by atoms with Crippen molar-refractivity contribution in [3.8, 4) is 0 Å². The number of hydrogen-bond acceptors (Lipinski definition) is 5. The Morgan fingerprint density at radius 2 is 1.76 bits per heavy atom. The highest BCUT2D eigenvalue weighted by molar-refractivity contribution is 6.31. The van der Waals surface area contributed by atoms with Crippen molar-refractivity contribution in [2.75, 3.05) is 16.8 Å². The second-order valence-corrected chi connectivity index (χ2v) is 9.47. The summed E-state index contributed by atoms with van der Waals surface area (Å²) in [4.78, 5) is 52.1. The predicted molar refractivity (Wildman–Crippen MR) is 122 cm³/mol. The zero-order valence-corrected chi connectivity index (χ0v) is 18.8. The molecule has 1 heterocycles. The predicted octanol–water partition coefficient (Wildman–Crippen LogP) is 3.98. The minimum Gasteiger partial charge on any atom is -0.452 e. The lowest BCUT2D eigenvalue weighted by Gasteiger charge is -2.19. The smallest absolute Gasteiger partial charge is 0.338 e. The van der Waals surface area contributed by atoms with Gasteiger partial charge in [-0.05, 0) is 73.9 Å². The molecule has 1 aliphatic heterocycles. The van der Waals surface area contributed by atoms with Gasteiger partial charge in [0.05, 0.1) is 23.1 Å². The molecule has 5 rings (SSSR count). The minimum atomic E-state index is -0.714. The fourth-order valence-electron chi connectivity index (χ4n) is 5.56. The third-order valence-corrected chi connectivity index (χ3v) is 7.31. The first-order chi connectivity index (χ1) is 15.8. The van der Waals surface area contributed by atoms with Crippen molar-refractivity contribution in [1.82, 2.24) is 0 Å². The maximum Gasteiger partial charge on any atom is 0.338 e. The number of ether oxygens (including phenoxy) is 1. The van der Waals surface area contributed by atoms with Gasteiger partial charge >= 0.3 is 5.97 Å². The van der Waals surface area contributed by atoms with Crippen molar-refractivity contribution in [2.45, 2.75) is 26.2 Å². The van der Waals surface area contributed by atoms with Crippen LogP contribution in [-0.2, 0) is 19.1 Å². The highest BCUT2D eigenvalue weighted by Gasteiger charge is 2.61. The number of imide groups is 1. The van der Waals surface area contributed by atoms with Crippen LogP contribution in [0.15, 0.2) is 42.5 Å². The number of esters is 1. The summed E-state index contributed by atoms with van der Waals surface area (Å²) < 4.78 is 5.15. The topological polar surface area (TPSA) is 92.8 Å². The Labute approximate surface area is 196 Å². The van der Waals surface area contributed by atoms with Gasteiger partial charge in [-0.3, -0.25) is 19.3 Å². The molecule has 8 heteroatoms. The molecule has 2 bridgehead atoms. The Balaban J connectivity index is 1.25. The normalized spacial score (nSPS) is 25.3. The van der Waals surface area contributed by atoms with Gasteiger partial charge in [0.25, 0.3) is 5.91 Å². The van der Waals surface area contributed by atoms with Crippen LogP contribution in [0.25, 0.3) is 0 Å². The molecular formula is C25H23ClN2O5. The van der Waals surface area contributed by atoms with Crippen LogP contribution >= 0.6 is 11.6 Å². The van der Waals surface area contributed by atoms with Gasteiger partial charge in [0.15, 0.2) is 6.61 Å². The number of nitrogens with zero attached hydrogens (tertiary/aromatic N) is 1. The van der Waals surface area contributed by atoms with Crippen molar-refractivity contribution in [1.29, 1.82) is 0 Å². The summed E-state index contributed by atoms with van der Waals surface area (Å²) in [5.41, 5.74) is 1.90. The van der Waals surface area contributed by atoms with E-state index in [1.165, 1.54) is 17.0 Å². The van der Waals surface area contributed by atoms with E-state index in [1.807, 2.05) is 6.92 Å². The number of carbonyl (C=O) groups excluding carboxylic acids is 4. The average molecular weight is 467 g/mol. The Kier molecular flexibility index (Phi) is 5.44. The largest absolute Gasteiger partial charge is 0.452 e. The molecule has 0 aromatic heterocycles. The summed E-state index contributed by atoms with van der Waals surface area (Å²) in [6.07, 6.45) is 2.97. The number of rotatable bonds is 5. The molecule has 33 heavy (non-hydrogen) atoms. The Morgan fingerprint density at radius 3 is 2.45 bits per heavy atom. The molecule has 1 N–H and O–H groups in total. The fourth-order valence-corrected chi connectivity index (χ4v) is 5.74. The maximum absolute atomic E-state index is 13.0. The third-order valence-electron chi connectivity index (χ3n) is 7.08. The second kappa shape index (κ2) is 8.30. The van der Waals surface area contributed by atoms with Crippen LogP contribution in [0.2, 0.25) is 5.02 Å². The van der Waals surface area contributed by atoms with Crippen molar-refractivity contribution >= 4 is 46.7 Å². The monoisotopic (exact) mass is 466 g/mol. The fraction of sp³-hybridized carbons (Fsp3) is 0.360.